The quantitative estimate of drug-likeness (QED) is 0.795. The highest BCUT2D eigenvalue weighted by molar-refractivity contribution is 5.43. The number of methoxy groups -OCH3 is 1. The van der Waals surface area contributed by atoms with Crippen molar-refractivity contribution in [1.82, 2.24) is 10.2 Å². The molecule has 0 bridgehead atoms. The molecule has 1 aliphatic rings. The molecule has 1 saturated heterocycles. The second-order valence-electron chi connectivity index (χ2n) is 5.89. The lowest BCUT2D eigenvalue weighted by Gasteiger charge is -2.32. The lowest BCUT2D eigenvalue weighted by molar-refractivity contribution is -0.0512. The number of nitrogens with one attached hydrogen (secondary N) is 1. The summed E-state index contributed by atoms with van der Waals surface area (Å²) >= 11 is 0. The van der Waals surface area contributed by atoms with Crippen molar-refractivity contribution in [2.45, 2.75) is 32.9 Å². The molecule has 23 heavy (non-hydrogen) atoms. The molecular formula is C17H26F2N2O2. The van der Waals surface area contributed by atoms with Crippen LogP contribution < -0.4 is 14.8 Å². The molecule has 0 unspecified atom stereocenters. The van der Waals surface area contributed by atoms with Crippen LogP contribution in [-0.4, -0.2) is 44.8 Å². The summed E-state index contributed by atoms with van der Waals surface area (Å²) in [4.78, 5) is 2.36. The van der Waals surface area contributed by atoms with E-state index in [4.69, 9.17) is 4.74 Å². The van der Waals surface area contributed by atoms with Gasteiger partial charge in [-0.25, -0.2) is 0 Å². The first-order valence-corrected chi connectivity index (χ1v) is 8.17. The van der Waals surface area contributed by atoms with Crippen LogP contribution in [0.1, 0.15) is 25.3 Å². The van der Waals surface area contributed by atoms with Crippen molar-refractivity contribution < 1.29 is 18.3 Å². The molecule has 0 aromatic heterocycles. The van der Waals surface area contributed by atoms with Gasteiger partial charge in [0.25, 0.3) is 0 Å². The number of benzene rings is 1. The van der Waals surface area contributed by atoms with Gasteiger partial charge in [-0.1, -0.05) is 13.0 Å². The van der Waals surface area contributed by atoms with Gasteiger partial charge in [-0.3, -0.25) is 4.90 Å². The average Bonchev–Trinajstić information content (AvgIpc) is 2.54. The first-order valence-electron chi connectivity index (χ1n) is 8.17. The second kappa shape index (κ2) is 9.03. The minimum Gasteiger partial charge on any atom is -0.493 e. The van der Waals surface area contributed by atoms with E-state index in [0.717, 1.165) is 44.2 Å². The van der Waals surface area contributed by atoms with Crippen LogP contribution in [0.25, 0.3) is 0 Å². The van der Waals surface area contributed by atoms with Gasteiger partial charge in [0.05, 0.1) is 7.11 Å². The number of halogens is 2. The molecule has 1 aliphatic heterocycles. The third-order valence-electron chi connectivity index (χ3n) is 4.24. The fraction of sp³-hybridized carbons (Fsp3) is 0.647. The van der Waals surface area contributed by atoms with E-state index in [2.05, 4.69) is 21.9 Å². The first-order chi connectivity index (χ1) is 11.1. The van der Waals surface area contributed by atoms with Crippen LogP contribution in [0, 0.1) is 5.92 Å². The van der Waals surface area contributed by atoms with Gasteiger partial charge in [-0.15, -0.1) is 0 Å². The van der Waals surface area contributed by atoms with Crippen LogP contribution in [0.3, 0.4) is 0 Å². The molecule has 0 saturated carbocycles. The number of hydrogen-bond acceptors (Lipinski definition) is 4. The predicted octanol–water partition coefficient (Wildman–Crippen LogP) is 3.12. The van der Waals surface area contributed by atoms with Crippen molar-refractivity contribution in [3.05, 3.63) is 23.8 Å². The van der Waals surface area contributed by atoms with Crippen LogP contribution in [0.15, 0.2) is 18.2 Å². The van der Waals surface area contributed by atoms with Gasteiger partial charge < -0.3 is 14.8 Å². The van der Waals surface area contributed by atoms with Gasteiger partial charge in [0.15, 0.2) is 11.5 Å². The largest absolute Gasteiger partial charge is 0.493 e. The van der Waals surface area contributed by atoms with Crippen molar-refractivity contribution >= 4 is 0 Å². The van der Waals surface area contributed by atoms with Crippen LogP contribution >= 0.6 is 0 Å². The van der Waals surface area contributed by atoms with Gasteiger partial charge in [0.1, 0.15) is 0 Å². The topological polar surface area (TPSA) is 33.7 Å². The zero-order valence-electron chi connectivity index (χ0n) is 13.9. The number of ether oxygens (including phenoxy) is 2. The van der Waals surface area contributed by atoms with E-state index in [0.29, 0.717) is 5.75 Å². The fourth-order valence-corrected chi connectivity index (χ4v) is 2.96. The lowest BCUT2D eigenvalue weighted by atomic mass is 9.96. The molecule has 0 aliphatic carbocycles. The second-order valence-corrected chi connectivity index (χ2v) is 5.89. The third kappa shape index (κ3) is 5.62. The first kappa shape index (κ1) is 17.9. The van der Waals surface area contributed by atoms with Crippen molar-refractivity contribution in [3.8, 4) is 11.5 Å². The summed E-state index contributed by atoms with van der Waals surface area (Å²) < 4.78 is 34.6. The Morgan fingerprint density at radius 3 is 2.61 bits per heavy atom. The molecule has 130 valence electrons. The summed E-state index contributed by atoms with van der Waals surface area (Å²) in [5, 5.41) is 3.40. The van der Waals surface area contributed by atoms with E-state index in [1.54, 1.807) is 12.1 Å². The summed E-state index contributed by atoms with van der Waals surface area (Å²) in [5.74, 6) is 1.17. The molecule has 0 atom stereocenters. The van der Waals surface area contributed by atoms with Crippen molar-refractivity contribution in [2.24, 2.45) is 5.92 Å². The van der Waals surface area contributed by atoms with Crippen molar-refractivity contribution in [2.75, 3.05) is 33.3 Å². The lowest BCUT2D eigenvalue weighted by Crippen LogP contribution is -2.36. The van der Waals surface area contributed by atoms with Crippen LogP contribution in [0.4, 0.5) is 8.78 Å². The molecule has 0 spiro atoms. The monoisotopic (exact) mass is 328 g/mol. The summed E-state index contributed by atoms with van der Waals surface area (Å²) in [7, 11) is 1.45. The van der Waals surface area contributed by atoms with E-state index in [9.17, 15) is 8.78 Å². The summed E-state index contributed by atoms with van der Waals surface area (Å²) in [6.45, 7) is 4.19. The Hall–Kier alpha value is -1.40. The number of piperidine rings is 1. The highest BCUT2D eigenvalue weighted by atomic mass is 19.3. The van der Waals surface area contributed by atoms with Gasteiger partial charge in [0, 0.05) is 6.54 Å². The molecular weight excluding hydrogens is 302 g/mol. The molecule has 1 aromatic rings. The van der Waals surface area contributed by atoms with E-state index in [1.165, 1.54) is 20.0 Å². The molecule has 4 nitrogen and oxygen atoms in total. The van der Waals surface area contributed by atoms with Crippen LogP contribution in [0.5, 0.6) is 11.5 Å². The SMILES string of the molecule is CCNCC1CCN(Cc2ccc(OC)c(OC(F)F)c2)CC1. The van der Waals surface area contributed by atoms with Gasteiger partial charge in [-0.2, -0.15) is 8.78 Å². The summed E-state index contributed by atoms with van der Waals surface area (Å²) in [5.41, 5.74) is 0.964. The Bertz CT molecular complexity index is 478. The Labute approximate surface area is 136 Å². The zero-order chi connectivity index (χ0) is 16.7. The van der Waals surface area contributed by atoms with Gasteiger partial charge in [0.2, 0.25) is 0 Å². The molecule has 0 radical (unpaired) electrons. The number of hydrogen-bond donors (Lipinski definition) is 1. The molecule has 6 heteroatoms. The van der Waals surface area contributed by atoms with E-state index in [-0.39, 0.29) is 5.75 Å². The number of nitrogens with zero attached hydrogens (tertiary/aromatic N) is 1. The molecule has 1 N–H and O–H groups in total. The maximum Gasteiger partial charge on any atom is 0.387 e. The third-order valence-corrected chi connectivity index (χ3v) is 4.24. The predicted molar refractivity (Wildman–Crippen MR) is 86.2 cm³/mol. The standard InChI is InChI=1S/C17H26F2N2O2/c1-3-20-11-13-6-8-21(9-7-13)12-14-4-5-15(22-2)16(10-14)23-17(18)19/h4-5,10,13,17,20H,3,6-9,11-12H2,1-2H3. The normalized spacial score (nSPS) is 16.7. The van der Waals surface area contributed by atoms with E-state index < -0.39 is 6.61 Å². The minimum absolute atomic E-state index is 0.0991. The van der Waals surface area contributed by atoms with Crippen LogP contribution in [0.2, 0.25) is 0 Å². The van der Waals surface area contributed by atoms with E-state index in [1.807, 2.05) is 6.07 Å². The van der Waals surface area contributed by atoms with Crippen molar-refractivity contribution in [3.63, 3.8) is 0 Å². The Balaban J connectivity index is 1.90. The van der Waals surface area contributed by atoms with Gasteiger partial charge >= 0.3 is 6.61 Å². The maximum atomic E-state index is 12.5. The molecule has 1 aromatic carbocycles. The number of likely N-dealkylation sites (tertiary alicyclic amines) is 1. The van der Waals surface area contributed by atoms with Crippen LogP contribution in [-0.2, 0) is 6.54 Å². The fourth-order valence-electron chi connectivity index (χ4n) is 2.96. The minimum atomic E-state index is -2.85. The average molecular weight is 328 g/mol. The molecule has 2 rings (SSSR count). The number of rotatable bonds is 8. The Morgan fingerprint density at radius 1 is 1.26 bits per heavy atom. The Morgan fingerprint density at radius 2 is 2.00 bits per heavy atom. The molecule has 0 amide bonds. The van der Waals surface area contributed by atoms with E-state index >= 15 is 0 Å². The summed E-state index contributed by atoms with van der Waals surface area (Å²) in [6, 6.07) is 5.24. The molecule has 1 fully saturated rings. The zero-order valence-corrected chi connectivity index (χ0v) is 13.9. The smallest absolute Gasteiger partial charge is 0.387 e. The number of alkyl halides is 2. The highest BCUT2D eigenvalue weighted by Gasteiger charge is 2.19. The van der Waals surface area contributed by atoms with Gasteiger partial charge in [-0.05, 0) is 62.6 Å². The maximum absolute atomic E-state index is 12.5. The van der Waals surface area contributed by atoms with Crippen molar-refractivity contribution in [1.29, 1.82) is 0 Å². The summed E-state index contributed by atoms with van der Waals surface area (Å²) in [6.07, 6.45) is 2.34. The molecule has 1 heterocycles. The highest BCUT2D eigenvalue weighted by Crippen LogP contribution is 2.30. The Kier molecular flexibility index (Phi) is 7.05.